The topological polar surface area (TPSA) is 49.4 Å². The van der Waals surface area contributed by atoms with E-state index in [9.17, 15) is 9.59 Å². The second kappa shape index (κ2) is 9.02. The Morgan fingerprint density at radius 3 is 2.24 bits per heavy atom. The Labute approximate surface area is 129 Å². The van der Waals surface area contributed by atoms with Gasteiger partial charge in [-0.3, -0.25) is 9.59 Å². The van der Waals surface area contributed by atoms with E-state index in [0.717, 1.165) is 10.6 Å². The fourth-order valence-electron chi connectivity index (χ4n) is 1.66. The largest absolute Gasteiger partial charge is 0.335 e. The predicted octanol–water partition coefficient (Wildman–Crippen LogP) is 2.94. The number of thioether (sulfide) groups is 1. The van der Waals surface area contributed by atoms with E-state index in [1.807, 2.05) is 24.3 Å². The van der Waals surface area contributed by atoms with Gasteiger partial charge in [0.05, 0.1) is 5.75 Å². The molecule has 1 rings (SSSR count). The first-order valence-corrected chi connectivity index (χ1v) is 7.55. The summed E-state index contributed by atoms with van der Waals surface area (Å²) in [5, 5.41) is 2.70. The summed E-state index contributed by atoms with van der Waals surface area (Å²) < 4.78 is 0. The highest BCUT2D eigenvalue weighted by molar-refractivity contribution is 8.00. The molecule has 5 heteroatoms. The van der Waals surface area contributed by atoms with Crippen LogP contribution < -0.4 is 5.32 Å². The summed E-state index contributed by atoms with van der Waals surface area (Å²) in [5.41, 5.74) is 0.748. The van der Waals surface area contributed by atoms with Gasteiger partial charge in [-0.25, -0.2) is 0 Å². The van der Waals surface area contributed by atoms with E-state index in [-0.39, 0.29) is 11.8 Å². The lowest BCUT2D eigenvalue weighted by Gasteiger charge is -2.18. The van der Waals surface area contributed by atoms with Crippen molar-refractivity contribution in [3.05, 3.63) is 49.6 Å². The van der Waals surface area contributed by atoms with Gasteiger partial charge in [-0.1, -0.05) is 12.2 Å². The Kier molecular flexibility index (Phi) is 7.32. The normalized spacial score (nSPS) is 9.76. The Morgan fingerprint density at radius 1 is 1.19 bits per heavy atom. The number of hydrogen-bond donors (Lipinski definition) is 1. The first-order chi connectivity index (χ1) is 10.1. The molecule has 0 saturated carbocycles. The summed E-state index contributed by atoms with van der Waals surface area (Å²) in [4.78, 5) is 25.7. The SMILES string of the molecule is C=CCN(CC=C)C(=O)CSc1ccc(NC(C)=O)cc1. The van der Waals surface area contributed by atoms with E-state index in [2.05, 4.69) is 18.5 Å². The van der Waals surface area contributed by atoms with Gasteiger partial charge in [-0.2, -0.15) is 0 Å². The second-order valence-corrected chi connectivity index (χ2v) is 5.42. The van der Waals surface area contributed by atoms with Crippen LogP contribution in [0, 0.1) is 0 Å². The Hall–Kier alpha value is -2.01. The molecule has 0 bridgehead atoms. The molecular weight excluding hydrogens is 284 g/mol. The highest BCUT2D eigenvalue weighted by Crippen LogP contribution is 2.20. The van der Waals surface area contributed by atoms with Crippen molar-refractivity contribution in [2.45, 2.75) is 11.8 Å². The van der Waals surface area contributed by atoms with Crippen molar-refractivity contribution in [2.75, 3.05) is 24.2 Å². The molecule has 1 aromatic rings. The van der Waals surface area contributed by atoms with Crippen molar-refractivity contribution in [3.63, 3.8) is 0 Å². The van der Waals surface area contributed by atoms with Crippen molar-refractivity contribution >= 4 is 29.3 Å². The van der Waals surface area contributed by atoms with Crippen molar-refractivity contribution in [2.24, 2.45) is 0 Å². The molecule has 0 radical (unpaired) electrons. The molecule has 21 heavy (non-hydrogen) atoms. The van der Waals surface area contributed by atoms with Crippen LogP contribution >= 0.6 is 11.8 Å². The molecular formula is C16H20N2O2S. The van der Waals surface area contributed by atoms with Crippen LogP contribution in [0.5, 0.6) is 0 Å². The zero-order chi connectivity index (χ0) is 15.7. The average molecular weight is 304 g/mol. The molecule has 1 N–H and O–H groups in total. The number of benzene rings is 1. The maximum absolute atomic E-state index is 12.1. The van der Waals surface area contributed by atoms with Gasteiger partial charge in [0.1, 0.15) is 0 Å². The summed E-state index contributed by atoms with van der Waals surface area (Å²) >= 11 is 1.46. The highest BCUT2D eigenvalue weighted by atomic mass is 32.2. The molecule has 0 aliphatic heterocycles. The van der Waals surface area contributed by atoms with E-state index >= 15 is 0 Å². The fraction of sp³-hybridized carbons (Fsp3) is 0.250. The number of carbonyl (C=O) groups excluding carboxylic acids is 2. The molecule has 0 atom stereocenters. The molecule has 0 spiro atoms. The molecule has 2 amide bonds. The smallest absolute Gasteiger partial charge is 0.233 e. The van der Waals surface area contributed by atoms with Gasteiger partial charge in [-0.15, -0.1) is 24.9 Å². The third-order valence-corrected chi connectivity index (χ3v) is 3.59. The summed E-state index contributed by atoms with van der Waals surface area (Å²) in [6.07, 6.45) is 3.41. The van der Waals surface area contributed by atoms with Crippen LogP contribution in [-0.4, -0.2) is 35.6 Å². The quantitative estimate of drug-likeness (QED) is 0.593. The van der Waals surface area contributed by atoms with Gasteiger partial charge in [0, 0.05) is 30.6 Å². The Morgan fingerprint density at radius 2 is 1.76 bits per heavy atom. The van der Waals surface area contributed by atoms with Crippen molar-refractivity contribution in [1.29, 1.82) is 0 Å². The van der Waals surface area contributed by atoms with E-state index in [1.165, 1.54) is 18.7 Å². The minimum Gasteiger partial charge on any atom is -0.335 e. The maximum atomic E-state index is 12.1. The zero-order valence-electron chi connectivity index (χ0n) is 12.2. The van der Waals surface area contributed by atoms with Crippen molar-refractivity contribution < 1.29 is 9.59 Å². The third-order valence-electron chi connectivity index (χ3n) is 2.59. The van der Waals surface area contributed by atoms with Gasteiger partial charge < -0.3 is 10.2 Å². The Bertz CT molecular complexity index is 502. The zero-order valence-corrected chi connectivity index (χ0v) is 13.0. The van der Waals surface area contributed by atoms with Gasteiger partial charge in [0.25, 0.3) is 0 Å². The summed E-state index contributed by atoms with van der Waals surface area (Å²) in [6.45, 7) is 9.80. The first kappa shape index (κ1) is 17.0. The lowest BCUT2D eigenvalue weighted by atomic mass is 10.3. The number of anilines is 1. The monoisotopic (exact) mass is 304 g/mol. The number of rotatable bonds is 8. The molecule has 112 valence electrons. The van der Waals surface area contributed by atoms with E-state index in [0.29, 0.717) is 18.8 Å². The average Bonchev–Trinajstić information content (AvgIpc) is 2.45. The minimum atomic E-state index is -0.102. The third kappa shape index (κ3) is 6.31. The molecule has 0 aromatic heterocycles. The van der Waals surface area contributed by atoms with Crippen LogP contribution in [0.2, 0.25) is 0 Å². The molecule has 4 nitrogen and oxygen atoms in total. The van der Waals surface area contributed by atoms with Crippen LogP contribution in [0.1, 0.15) is 6.92 Å². The van der Waals surface area contributed by atoms with Gasteiger partial charge in [0.2, 0.25) is 11.8 Å². The standard InChI is InChI=1S/C16H20N2O2S/c1-4-10-18(11-5-2)16(20)12-21-15-8-6-14(7-9-15)17-13(3)19/h4-9H,1-2,10-12H2,3H3,(H,17,19). The number of amides is 2. The predicted molar refractivity (Wildman–Crippen MR) is 88.4 cm³/mol. The van der Waals surface area contributed by atoms with Crippen LogP contribution in [-0.2, 0) is 9.59 Å². The van der Waals surface area contributed by atoms with Crippen molar-refractivity contribution in [1.82, 2.24) is 4.90 Å². The summed E-state index contributed by atoms with van der Waals surface area (Å²) in [6, 6.07) is 7.40. The van der Waals surface area contributed by atoms with Gasteiger partial charge in [0.15, 0.2) is 0 Å². The summed E-state index contributed by atoms with van der Waals surface area (Å²) in [7, 11) is 0. The first-order valence-electron chi connectivity index (χ1n) is 6.57. The number of carbonyl (C=O) groups is 2. The Balaban J connectivity index is 2.53. The van der Waals surface area contributed by atoms with Crippen LogP contribution in [0.25, 0.3) is 0 Å². The molecule has 0 saturated heterocycles. The second-order valence-electron chi connectivity index (χ2n) is 4.37. The lowest BCUT2D eigenvalue weighted by molar-refractivity contribution is -0.127. The minimum absolute atomic E-state index is 0.0470. The molecule has 0 fully saturated rings. The number of hydrogen-bond acceptors (Lipinski definition) is 3. The fourth-order valence-corrected chi connectivity index (χ4v) is 2.47. The van der Waals surface area contributed by atoms with E-state index in [4.69, 9.17) is 0 Å². The molecule has 0 unspecified atom stereocenters. The van der Waals surface area contributed by atoms with Gasteiger partial charge >= 0.3 is 0 Å². The van der Waals surface area contributed by atoms with Crippen LogP contribution in [0.15, 0.2) is 54.5 Å². The molecule has 0 aliphatic rings. The van der Waals surface area contributed by atoms with Gasteiger partial charge in [-0.05, 0) is 24.3 Å². The summed E-state index contributed by atoms with van der Waals surface area (Å²) in [5.74, 6) is 0.307. The molecule has 0 aliphatic carbocycles. The number of nitrogens with one attached hydrogen (secondary N) is 1. The van der Waals surface area contributed by atoms with E-state index < -0.39 is 0 Å². The lowest BCUT2D eigenvalue weighted by Crippen LogP contribution is -2.32. The van der Waals surface area contributed by atoms with Crippen molar-refractivity contribution in [3.8, 4) is 0 Å². The highest BCUT2D eigenvalue weighted by Gasteiger charge is 2.10. The molecule has 0 heterocycles. The molecule has 1 aromatic carbocycles. The number of nitrogens with zero attached hydrogens (tertiary/aromatic N) is 1. The maximum Gasteiger partial charge on any atom is 0.233 e. The van der Waals surface area contributed by atoms with Crippen LogP contribution in [0.3, 0.4) is 0 Å². The van der Waals surface area contributed by atoms with Crippen LogP contribution in [0.4, 0.5) is 5.69 Å². The van der Waals surface area contributed by atoms with E-state index in [1.54, 1.807) is 17.1 Å².